The molecule has 0 radical (unpaired) electrons. The number of fused-ring (bicyclic) bond motifs is 1. The zero-order valence-corrected chi connectivity index (χ0v) is 12.3. The highest BCUT2D eigenvalue weighted by atomic mass is 35.5. The second kappa shape index (κ2) is 6.26. The maximum atomic E-state index is 12.1. The van der Waals surface area contributed by atoms with Crippen LogP contribution in [0.3, 0.4) is 0 Å². The molecule has 118 valence electrons. The van der Waals surface area contributed by atoms with Crippen LogP contribution in [0.2, 0.25) is 5.02 Å². The molecule has 0 unspecified atom stereocenters. The van der Waals surface area contributed by atoms with Gasteiger partial charge in [-0.2, -0.15) is 8.78 Å². The van der Waals surface area contributed by atoms with Gasteiger partial charge in [0.05, 0.1) is 0 Å². The van der Waals surface area contributed by atoms with Crippen molar-refractivity contribution in [3.05, 3.63) is 59.3 Å². The second-order valence-corrected chi connectivity index (χ2v) is 5.09. The van der Waals surface area contributed by atoms with Crippen molar-refractivity contribution in [1.82, 2.24) is 0 Å². The predicted octanol–water partition coefficient (Wildman–Crippen LogP) is 4.94. The van der Waals surface area contributed by atoms with E-state index in [-0.39, 0.29) is 11.5 Å². The first-order valence-corrected chi connectivity index (χ1v) is 6.94. The number of ether oxygens (including phenoxy) is 1. The van der Waals surface area contributed by atoms with Crippen molar-refractivity contribution in [3.63, 3.8) is 0 Å². The highest BCUT2D eigenvalue weighted by Gasteiger charge is 2.13. The van der Waals surface area contributed by atoms with Crippen molar-refractivity contribution in [2.75, 3.05) is 5.32 Å². The van der Waals surface area contributed by atoms with Gasteiger partial charge in [0.15, 0.2) is 5.76 Å². The van der Waals surface area contributed by atoms with E-state index < -0.39 is 12.5 Å². The summed E-state index contributed by atoms with van der Waals surface area (Å²) in [5.74, 6) is -0.327. The number of anilines is 1. The standard InChI is InChI=1S/C16H10ClF2NO3/c17-10-1-6-13-9(7-10)8-14(23-13)15(21)20-11-2-4-12(5-3-11)22-16(18)19/h1-8,16H,(H,20,21). The lowest BCUT2D eigenvalue weighted by Crippen LogP contribution is -2.10. The number of benzene rings is 2. The molecule has 0 aliphatic carbocycles. The zero-order valence-electron chi connectivity index (χ0n) is 11.6. The van der Waals surface area contributed by atoms with Gasteiger partial charge in [-0.15, -0.1) is 0 Å². The van der Waals surface area contributed by atoms with E-state index in [1.807, 2.05) is 0 Å². The summed E-state index contributed by atoms with van der Waals surface area (Å²) in [6, 6.07) is 12.2. The SMILES string of the molecule is O=C(Nc1ccc(OC(F)F)cc1)c1cc2cc(Cl)ccc2o1. The van der Waals surface area contributed by atoms with Gasteiger partial charge >= 0.3 is 6.61 Å². The quantitative estimate of drug-likeness (QED) is 0.733. The van der Waals surface area contributed by atoms with Gasteiger partial charge in [0, 0.05) is 16.1 Å². The fourth-order valence-corrected chi connectivity index (χ4v) is 2.22. The number of alkyl halides is 2. The molecular weight excluding hydrogens is 328 g/mol. The Labute approximate surface area is 134 Å². The molecule has 0 fully saturated rings. The summed E-state index contributed by atoms with van der Waals surface area (Å²) in [7, 11) is 0. The Balaban J connectivity index is 1.74. The average molecular weight is 338 g/mol. The predicted molar refractivity (Wildman–Crippen MR) is 82.3 cm³/mol. The summed E-state index contributed by atoms with van der Waals surface area (Å²) in [5.41, 5.74) is 0.968. The number of rotatable bonds is 4. The molecule has 0 bridgehead atoms. The van der Waals surface area contributed by atoms with Gasteiger partial charge < -0.3 is 14.5 Å². The van der Waals surface area contributed by atoms with Gasteiger partial charge in [-0.3, -0.25) is 4.79 Å². The minimum absolute atomic E-state index is 0.0105. The molecule has 1 N–H and O–H groups in total. The lowest BCUT2D eigenvalue weighted by Gasteiger charge is -2.06. The van der Waals surface area contributed by atoms with E-state index in [1.54, 1.807) is 24.3 Å². The van der Waals surface area contributed by atoms with Gasteiger partial charge in [0.1, 0.15) is 11.3 Å². The van der Waals surface area contributed by atoms with E-state index in [0.717, 1.165) is 0 Å². The zero-order chi connectivity index (χ0) is 16.4. The first-order valence-electron chi connectivity index (χ1n) is 6.56. The van der Waals surface area contributed by atoms with Crippen molar-refractivity contribution in [3.8, 4) is 5.75 Å². The minimum atomic E-state index is -2.89. The van der Waals surface area contributed by atoms with Gasteiger partial charge in [-0.25, -0.2) is 0 Å². The average Bonchev–Trinajstić information content (AvgIpc) is 2.92. The normalized spacial score (nSPS) is 11.0. The van der Waals surface area contributed by atoms with E-state index in [4.69, 9.17) is 16.0 Å². The fourth-order valence-electron chi connectivity index (χ4n) is 2.04. The van der Waals surface area contributed by atoms with Crippen molar-refractivity contribution in [2.45, 2.75) is 6.61 Å². The second-order valence-electron chi connectivity index (χ2n) is 4.65. The summed E-state index contributed by atoms with van der Waals surface area (Å²) >= 11 is 5.88. The highest BCUT2D eigenvalue weighted by molar-refractivity contribution is 6.31. The summed E-state index contributed by atoms with van der Waals surface area (Å²) in [6.45, 7) is -2.89. The largest absolute Gasteiger partial charge is 0.451 e. The van der Waals surface area contributed by atoms with E-state index in [9.17, 15) is 13.6 Å². The topological polar surface area (TPSA) is 51.5 Å². The fraction of sp³-hybridized carbons (Fsp3) is 0.0625. The van der Waals surface area contributed by atoms with Crippen LogP contribution >= 0.6 is 11.6 Å². The molecule has 1 aromatic heterocycles. The molecule has 0 saturated heterocycles. The molecule has 2 aromatic carbocycles. The van der Waals surface area contributed by atoms with Gasteiger partial charge in [0.2, 0.25) is 0 Å². The third-order valence-electron chi connectivity index (χ3n) is 3.04. The number of carbonyl (C=O) groups is 1. The number of hydrogen-bond donors (Lipinski definition) is 1. The minimum Gasteiger partial charge on any atom is -0.451 e. The smallest absolute Gasteiger partial charge is 0.387 e. The molecule has 0 saturated carbocycles. The number of hydrogen-bond acceptors (Lipinski definition) is 3. The molecule has 7 heteroatoms. The maximum Gasteiger partial charge on any atom is 0.387 e. The molecule has 1 amide bonds. The third kappa shape index (κ3) is 3.60. The van der Waals surface area contributed by atoms with Crippen molar-refractivity contribution >= 4 is 34.2 Å². The molecule has 3 aromatic rings. The van der Waals surface area contributed by atoms with Gasteiger partial charge in [-0.05, 0) is 48.5 Å². The summed E-state index contributed by atoms with van der Waals surface area (Å²) in [4.78, 5) is 12.1. The Hall–Kier alpha value is -2.60. The van der Waals surface area contributed by atoms with Crippen molar-refractivity contribution in [2.24, 2.45) is 0 Å². The van der Waals surface area contributed by atoms with Crippen LogP contribution in [0.1, 0.15) is 10.6 Å². The van der Waals surface area contributed by atoms with Crippen LogP contribution in [-0.2, 0) is 0 Å². The molecule has 0 spiro atoms. The van der Waals surface area contributed by atoms with E-state index >= 15 is 0 Å². The Morgan fingerprint density at radius 2 is 1.87 bits per heavy atom. The molecule has 1 heterocycles. The molecule has 4 nitrogen and oxygen atoms in total. The lowest BCUT2D eigenvalue weighted by molar-refractivity contribution is -0.0498. The van der Waals surface area contributed by atoms with Gasteiger partial charge in [0.25, 0.3) is 5.91 Å². The van der Waals surface area contributed by atoms with E-state index in [2.05, 4.69) is 10.1 Å². The highest BCUT2D eigenvalue weighted by Crippen LogP contribution is 2.24. The van der Waals surface area contributed by atoms with Crippen LogP contribution in [0.5, 0.6) is 5.75 Å². The lowest BCUT2D eigenvalue weighted by atomic mass is 10.2. The first kappa shape index (κ1) is 15.3. The van der Waals surface area contributed by atoms with Crippen molar-refractivity contribution < 1.29 is 22.7 Å². The summed E-state index contributed by atoms with van der Waals surface area (Å²) in [6.07, 6.45) is 0. The Morgan fingerprint density at radius 3 is 2.57 bits per heavy atom. The third-order valence-corrected chi connectivity index (χ3v) is 3.27. The summed E-state index contributed by atoms with van der Waals surface area (Å²) < 4.78 is 33.8. The van der Waals surface area contributed by atoms with Crippen LogP contribution in [0.15, 0.2) is 52.9 Å². The van der Waals surface area contributed by atoms with Crippen LogP contribution in [-0.4, -0.2) is 12.5 Å². The molecular formula is C16H10ClF2NO3. The Morgan fingerprint density at radius 1 is 1.13 bits per heavy atom. The molecule has 0 aliphatic heterocycles. The Kier molecular flexibility index (Phi) is 4.16. The summed E-state index contributed by atoms with van der Waals surface area (Å²) in [5, 5.41) is 3.86. The molecule has 23 heavy (non-hydrogen) atoms. The van der Waals surface area contributed by atoms with Crippen LogP contribution in [0, 0.1) is 0 Å². The number of furan rings is 1. The van der Waals surface area contributed by atoms with E-state index in [1.165, 1.54) is 24.3 Å². The van der Waals surface area contributed by atoms with Crippen LogP contribution in [0.4, 0.5) is 14.5 Å². The number of carbonyl (C=O) groups excluding carboxylic acids is 1. The number of amides is 1. The molecule has 3 rings (SSSR count). The molecule has 0 aliphatic rings. The van der Waals surface area contributed by atoms with Gasteiger partial charge in [-0.1, -0.05) is 11.6 Å². The van der Waals surface area contributed by atoms with Crippen LogP contribution < -0.4 is 10.1 Å². The number of nitrogens with one attached hydrogen (secondary N) is 1. The van der Waals surface area contributed by atoms with E-state index in [0.29, 0.717) is 21.7 Å². The maximum absolute atomic E-state index is 12.1. The molecule has 0 atom stereocenters. The van der Waals surface area contributed by atoms with Crippen molar-refractivity contribution in [1.29, 1.82) is 0 Å². The number of halogens is 3. The van der Waals surface area contributed by atoms with Crippen LogP contribution in [0.25, 0.3) is 11.0 Å². The Bertz CT molecular complexity index is 846. The first-order chi connectivity index (χ1) is 11.0. The monoisotopic (exact) mass is 337 g/mol.